The first-order valence-electron chi connectivity index (χ1n) is 6.20. The van der Waals surface area contributed by atoms with E-state index in [9.17, 15) is 0 Å². The summed E-state index contributed by atoms with van der Waals surface area (Å²) in [5.74, 6) is 0.870. The number of rotatable bonds is 8. The molecule has 0 atom stereocenters. The molecule has 0 saturated heterocycles. The van der Waals surface area contributed by atoms with Crippen molar-refractivity contribution in [2.45, 2.75) is 32.4 Å². The molecule has 18 heavy (non-hydrogen) atoms. The van der Waals surface area contributed by atoms with Gasteiger partial charge in [-0.05, 0) is 34.0 Å². The number of nitrogens with one attached hydrogen (secondary N) is 2. The van der Waals surface area contributed by atoms with E-state index in [0.29, 0.717) is 6.61 Å². The predicted molar refractivity (Wildman–Crippen MR) is 93.5 cm³/mol. The van der Waals surface area contributed by atoms with Gasteiger partial charge in [-0.25, -0.2) is 0 Å². The Bertz CT molecular complexity index is 225. The number of aliphatic imine (C=N–C) groups is 1. The molecule has 0 spiro atoms. The Morgan fingerprint density at radius 1 is 1.28 bits per heavy atom. The van der Waals surface area contributed by atoms with E-state index >= 15 is 0 Å². The lowest BCUT2D eigenvalue weighted by Crippen LogP contribution is -2.40. The number of hydrogen-bond donors (Lipinski definition) is 2. The topological polar surface area (TPSA) is 45.7 Å². The summed E-state index contributed by atoms with van der Waals surface area (Å²) in [5.41, 5.74) is 0. The van der Waals surface area contributed by atoms with E-state index in [4.69, 9.17) is 4.74 Å². The highest BCUT2D eigenvalue weighted by Crippen LogP contribution is 2.20. The minimum Gasteiger partial charge on any atom is -0.380 e. The van der Waals surface area contributed by atoms with Crippen molar-refractivity contribution < 1.29 is 4.74 Å². The van der Waals surface area contributed by atoms with Crippen molar-refractivity contribution in [1.82, 2.24) is 10.6 Å². The molecular weight excluding hydrogens is 361 g/mol. The van der Waals surface area contributed by atoms with Crippen molar-refractivity contribution in [1.29, 1.82) is 0 Å². The summed E-state index contributed by atoms with van der Waals surface area (Å²) in [4.78, 5) is 4.57. The molecule has 0 aromatic rings. The van der Waals surface area contributed by atoms with Crippen LogP contribution in [0, 0.1) is 0 Å². The molecule has 0 radical (unpaired) electrons. The zero-order valence-electron chi connectivity index (χ0n) is 12.2. The minimum absolute atomic E-state index is 0. The fraction of sp³-hybridized carbons (Fsp3) is 0.917. The number of thioether (sulfide) groups is 1. The first-order chi connectivity index (χ1) is 8.05. The van der Waals surface area contributed by atoms with Crippen molar-refractivity contribution in [2.24, 2.45) is 4.99 Å². The van der Waals surface area contributed by atoms with Crippen LogP contribution in [0.5, 0.6) is 0 Å². The summed E-state index contributed by atoms with van der Waals surface area (Å²) in [6, 6.07) is 0. The van der Waals surface area contributed by atoms with Crippen molar-refractivity contribution >= 4 is 41.7 Å². The molecule has 0 amide bonds. The summed E-state index contributed by atoms with van der Waals surface area (Å²) < 4.78 is 5.46. The molecule has 0 saturated carbocycles. The average Bonchev–Trinajstić information content (AvgIpc) is 2.31. The predicted octanol–water partition coefficient (Wildman–Crippen LogP) is 2.34. The third kappa shape index (κ3) is 11.4. The average molecular weight is 389 g/mol. The molecule has 0 fully saturated rings. The van der Waals surface area contributed by atoms with Gasteiger partial charge in [-0.15, -0.1) is 24.0 Å². The summed E-state index contributed by atoms with van der Waals surface area (Å²) in [6.45, 7) is 12.4. The first kappa shape index (κ1) is 20.6. The monoisotopic (exact) mass is 389 g/mol. The van der Waals surface area contributed by atoms with E-state index in [2.05, 4.69) is 42.7 Å². The van der Waals surface area contributed by atoms with Crippen molar-refractivity contribution in [3.63, 3.8) is 0 Å². The zero-order chi connectivity index (χ0) is 13.1. The van der Waals surface area contributed by atoms with E-state index in [1.807, 2.05) is 18.7 Å². The Morgan fingerprint density at radius 3 is 2.44 bits per heavy atom. The van der Waals surface area contributed by atoms with Gasteiger partial charge in [-0.1, -0.05) is 0 Å². The second kappa shape index (κ2) is 12.3. The van der Waals surface area contributed by atoms with E-state index in [1.165, 1.54) is 0 Å². The number of halogens is 1. The highest BCUT2D eigenvalue weighted by atomic mass is 127. The van der Waals surface area contributed by atoms with Crippen LogP contribution in [0.3, 0.4) is 0 Å². The van der Waals surface area contributed by atoms with E-state index in [1.54, 1.807) is 0 Å². The lowest BCUT2D eigenvalue weighted by molar-refractivity contribution is 0.152. The summed E-state index contributed by atoms with van der Waals surface area (Å²) >= 11 is 1.83. The largest absolute Gasteiger partial charge is 0.380 e. The van der Waals surface area contributed by atoms with Gasteiger partial charge < -0.3 is 15.4 Å². The molecule has 2 N–H and O–H groups in total. The van der Waals surface area contributed by atoms with Gasteiger partial charge in [-0.2, -0.15) is 11.8 Å². The van der Waals surface area contributed by atoms with Crippen LogP contribution in [0.1, 0.15) is 27.7 Å². The molecule has 6 heteroatoms. The highest BCUT2D eigenvalue weighted by molar-refractivity contribution is 14.0. The maximum Gasteiger partial charge on any atom is 0.191 e. The molecule has 110 valence electrons. The Kier molecular flexibility index (Phi) is 14.1. The number of hydrogen-bond acceptors (Lipinski definition) is 3. The van der Waals surface area contributed by atoms with Crippen LogP contribution in [0.4, 0.5) is 0 Å². The van der Waals surface area contributed by atoms with Gasteiger partial charge in [0, 0.05) is 24.4 Å². The molecule has 0 heterocycles. The molecule has 0 aliphatic rings. The molecular formula is C12H28IN3OS. The fourth-order valence-corrected chi connectivity index (χ4v) is 1.26. The molecule has 0 aliphatic heterocycles. The van der Waals surface area contributed by atoms with Crippen molar-refractivity contribution in [2.75, 3.05) is 39.1 Å². The van der Waals surface area contributed by atoms with Crippen LogP contribution in [0.25, 0.3) is 0 Å². The van der Waals surface area contributed by atoms with Gasteiger partial charge in [0.25, 0.3) is 0 Å². The molecule has 0 aromatic heterocycles. The molecule has 4 nitrogen and oxygen atoms in total. The third-order valence-electron chi connectivity index (χ3n) is 2.26. The van der Waals surface area contributed by atoms with Gasteiger partial charge in [0.1, 0.15) is 0 Å². The van der Waals surface area contributed by atoms with Gasteiger partial charge in [0.2, 0.25) is 0 Å². The Morgan fingerprint density at radius 2 is 1.94 bits per heavy atom. The fourth-order valence-electron chi connectivity index (χ4n) is 1.06. The lowest BCUT2D eigenvalue weighted by atomic mass is 10.2. The van der Waals surface area contributed by atoms with Gasteiger partial charge in [-0.3, -0.25) is 4.99 Å². The maximum absolute atomic E-state index is 5.28. The molecule has 0 aliphatic carbocycles. The van der Waals surface area contributed by atoms with Gasteiger partial charge in [0.15, 0.2) is 5.96 Å². The standard InChI is InChI=1S/C12H27N3OS.HI/c1-6-13-11(14-8-9-16-7-2)15-10-12(3,4)17-5;/h6-10H2,1-5H3,(H2,13,14,15);1H. The van der Waals surface area contributed by atoms with Gasteiger partial charge in [0.05, 0.1) is 13.2 Å². The van der Waals surface area contributed by atoms with Crippen LogP contribution >= 0.6 is 35.7 Å². The maximum atomic E-state index is 5.28. The highest BCUT2D eigenvalue weighted by Gasteiger charge is 2.15. The van der Waals surface area contributed by atoms with Crippen molar-refractivity contribution in [3.05, 3.63) is 0 Å². The Hall–Kier alpha value is 0.310. The molecule has 0 aromatic carbocycles. The van der Waals surface area contributed by atoms with Crippen LogP contribution in [-0.2, 0) is 4.74 Å². The smallest absolute Gasteiger partial charge is 0.191 e. The third-order valence-corrected chi connectivity index (χ3v) is 3.49. The summed E-state index contributed by atoms with van der Waals surface area (Å²) in [6.07, 6.45) is 2.12. The SMILES string of the molecule is CCNC(=NCC(C)(C)SC)NCCOCC.I. The molecule has 0 unspecified atom stereocenters. The summed E-state index contributed by atoms with van der Waals surface area (Å²) in [7, 11) is 0. The Labute approximate surface area is 133 Å². The van der Waals surface area contributed by atoms with Crippen LogP contribution in [0.15, 0.2) is 4.99 Å². The minimum atomic E-state index is 0. The number of ether oxygens (including phenoxy) is 1. The zero-order valence-corrected chi connectivity index (χ0v) is 15.4. The normalized spacial score (nSPS) is 11.9. The number of nitrogens with zero attached hydrogens (tertiary/aromatic N) is 1. The Balaban J connectivity index is 0. The summed E-state index contributed by atoms with van der Waals surface area (Å²) in [5, 5.41) is 6.49. The van der Waals surface area contributed by atoms with E-state index < -0.39 is 0 Å². The van der Waals surface area contributed by atoms with Crippen LogP contribution in [-0.4, -0.2) is 49.8 Å². The van der Waals surface area contributed by atoms with E-state index in [-0.39, 0.29) is 28.7 Å². The van der Waals surface area contributed by atoms with Crippen LogP contribution in [0.2, 0.25) is 0 Å². The number of guanidine groups is 1. The lowest BCUT2D eigenvalue weighted by Gasteiger charge is -2.20. The first-order valence-corrected chi connectivity index (χ1v) is 7.43. The second-order valence-electron chi connectivity index (χ2n) is 4.28. The quantitative estimate of drug-likeness (QED) is 0.290. The molecule has 0 rings (SSSR count). The van der Waals surface area contributed by atoms with E-state index in [0.717, 1.165) is 32.2 Å². The van der Waals surface area contributed by atoms with Crippen LogP contribution < -0.4 is 10.6 Å². The van der Waals surface area contributed by atoms with Gasteiger partial charge >= 0.3 is 0 Å². The van der Waals surface area contributed by atoms with Crippen molar-refractivity contribution in [3.8, 4) is 0 Å². The molecule has 0 bridgehead atoms. The second-order valence-corrected chi connectivity index (χ2v) is 5.80.